The lowest BCUT2D eigenvalue weighted by Gasteiger charge is -2.47. The van der Waals surface area contributed by atoms with E-state index in [0.717, 1.165) is 38.9 Å². The van der Waals surface area contributed by atoms with Crippen molar-refractivity contribution in [2.24, 2.45) is 0 Å². The third-order valence-electron chi connectivity index (χ3n) is 6.94. The zero-order valence-corrected chi connectivity index (χ0v) is 20.8. The van der Waals surface area contributed by atoms with Crippen molar-refractivity contribution < 1.29 is 4.79 Å². The van der Waals surface area contributed by atoms with Crippen LogP contribution in [0.25, 0.3) is 11.3 Å². The van der Waals surface area contributed by atoms with Crippen molar-refractivity contribution in [1.29, 1.82) is 0 Å². The number of pyridine rings is 1. The van der Waals surface area contributed by atoms with Gasteiger partial charge >= 0.3 is 5.69 Å². The summed E-state index contributed by atoms with van der Waals surface area (Å²) in [6.07, 6.45) is 2.75. The fourth-order valence-corrected chi connectivity index (χ4v) is 5.54. The van der Waals surface area contributed by atoms with E-state index in [0.29, 0.717) is 47.8 Å². The third kappa shape index (κ3) is 4.67. The summed E-state index contributed by atoms with van der Waals surface area (Å²) < 4.78 is 0. The summed E-state index contributed by atoms with van der Waals surface area (Å²) in [5, 5.41) is 0.551. The number of anilines is 2. The molecule has 0 aromatic carbocycles. The molecule has 0 spiro atoms. The molecule has 0 radical (unpaired) electrons. The topological polar surface area (TPSA) is 140 Å². The van der Waals surface area contributed by atoms with Crippen molar-refractivity contribution in [3.8, 4) is 0 Å². The first-order valence-corrected chi connectivity index (χ1v) is 12.5. The number of nitrogen functional groups attached to an aromatic ring is 1. The minimum Gasteiger partial charge on any atom is -0.383 e. The molecule has 2 aliphatic heterocycles. The maximum Gasteiger partial charge on any atom is 0.326 e. The molecule has 0 aliphatic carbocycles. The van der Waals surface area contributed by atoms with Crippen LogP contribution in [-0.2, 0) is 0 Å². The number of halogens is 2. The molecule has 5 heterocycles. The van der Waals surface area contributed by atoms with Crippen LogP contribution in [0.4, 0.5) is 11.6 Å². The van der Waals surface area contributed by atoms with Gasteiger partial charge < -0.3 is 15.5 Å². The Morgan fingerprint density at radius 2 is 1.80 bits per heavy atom. The molecule has 0 saturated carbocycles. The molecule has 186 valence electrons. The summed E-state index contributed by atoms with van der Waals surface area (Å²) in [5.41, 5.74) is 6.71. The summed E-state index contributed by atoms with van der Waals surface area (Å²) in [7, 11) is 0. The first-order chi connectivity index (χ1) is 16.8. The molecule has 0 unspecified atom stereocenters. The van der Waals surface area contributed by atoms with Crippen molar-refractivity contribution in [1.82, 2.24) is 34.7 Å². The predicted octanol–water partition coefficient (Wildman–Crippen LogP) is 2.14. The Morgan fingerprint density at radius 3 is 2.49 bits per heavy atom. The highest BCUT2D eigenvalue weighted by atomic mass is 35.5. The van der Waals surface area contributed by atoms with Crippen LogP contribution in [0.5, 0.6) is 0 Å². The normalized spacial score (nSPS) is 20.0. The highest BCUT2D eigenvalue weighted by Crippen LogP contribution is 2.29. The van der Waals surface area contributed by atoms with E-state index in [4.69, 9.17) is 28.9 Å². The number of nitrogens with zero attached hydrogens (tertiary/aromatic N) is 6. The van der Waals surface area contributed by atoms with E-state index in [2.05, 4.69) is 41.6 Å². The summed E-state index contributed by atoms with van der Waals surface area (Å²) in [6.45, 7) is 5.86. The Kier molecular flexibility index (Phi) is 6.56. The molecule has 13 heteroatoms. The number of imidazole rings is 1. The standard InChI is InChI=1S/C22H27Cl2N9O2/c1-2-12-11-32(20-16(24)27-18-19(28-20)30-22(35)29-18)9-10-33(12)13-5-7-31(8-6-13)21(34)14-3-4-15(23)26-17(14)25/h3-4,12-13H,2,5-11H2,1H3,(H2,25,26)(H2,27,28,29,30,35)/t12-/m0/s1. The molecule has 2 saturated heterocycles. The number of piperidine rings is 1. The number of piperazine rings is 1. The van der Waals surface area contributed by atoms with Crippen LogP contribution in [0.3, 0.4) is 0 Å². The predicted molar refractivity (Wildman–Crippen MR) is 135 cm³/mol. The van der Waals surface area contributed by atoms with Gasteiger partial charge in [0.2, 0.25) is 0 Å². The average molecular weight is 520 g/mol. The van der Waals surface area contributed by atoms with Crippen LogP contribution >= 0.6 is 23.2 Å². The minimum absolute atomic E-state index is 0.103. The number of likely N-dealkylation sites (tertiary alicyclic amines) is 1. The van der Waals surface area contributed by atoms with Crippen LogP contribution in [0.15, 0.2) is 16.9 Å². The molecule has 11 nitrogen and oxygen atoms in total. The van der Waals surface area contributed by atoms with E-state index in [1.54, 1.807) is 12.1 Å². The Bertz CT molecular complexity index is 1300. The second-order valence-electron chi connectivity index (χ2n) is 8.95. The molecule has 1 atom stereocenters. The molecule has 3 aromatic rings. The van der Waals surface area contributed by atoms with Crippen LogP contribution < -0.4 is 16.3 Å². The van der Waals surface area contributed by atoms with Crippen molar-refractivity contribution >= 4 is 52.0 Å². The average Bonchev–Trinajstić information content (AvgIpc) is 3.21. The molecule has 3 aromatic heterocycles. The molecule has 2 fully saturated rings. The Labute approximate surface area is 211 Å². The second kappa shape index (κ2) is 9.63. The lowest BCUT2D eigenvalue weighted by atomic mass is 9.97. The maximum atomic E-state index is 13.0. The van der Waals surface area contributed by atoms with Crippen molar-refractivity contribution in [2.75, 3.05) is 43.4 Å². The fraction of sp³-hybridized carbons (Fsp3) is 0.500. The van der Waals surface area contributed by atoms with Gasteiger partial charge in [-0.2, -0.15) is 0 Å². The van der Waals surface area contributed by atoms with E-state index in [1.165, 1.54) is 0 Å². The van der Waals surface area contributed by atoms with Crippen molar-refractivity contribution in [3.63, 3.8) is 0 Å². The lowest BCUT2D eigenvalue weighted by Crippen LogP contribution is -2.58. The molecule has 1 amide bonds. The van der Waals surface area contributed by atoms with Gasteiger partial charge in [-0.1, -0.05) is 30.1 Å². The van der Waals surface area contributed by atoms with E-state index < -0.39 is 0 Å². The second-order valence-corrected chi connectivity index (χ2v) is 9.70. The molecule has 35 heavy (non-hydrogen) atoms. The van der Waals surface area contributed by atoms with E-state index in [-0.39, 0.29) is 27.7 Å². The molecular formula is C22H27Cl2N9O2. The van der Waals surface area contributed by atoms with Gasteiger partial charge in [0.05, 0.1) is 5.56 Å². The minimum atomic E-state index is -0.357. The monoisotopic (exact) mass is 519 g/mol. The Morgan fingerprint density at radius 1 is 1.09 bits per heavy atom. The molecule has 4 N–H and O–H groups in total. The van der Waals surface area contributed by atoms with Gasteiger partial charge in [-0.05, 0) is 31.4 Å². The SMILES string of the molecule is CC[C@H]1CN(c2nc3[nH]c(=O)[nH]c3nc2Cl)CCN1C1CCN(C(=O)c2ccc(Cl)nc2N)CC1. The van der Waals surface area contributed by atoms with Crippen LogP contribution in [-0.4, -0.2) is 85.4 Å². The van der Waals surface area contributed by atoms with E-state index in [1.807, 2.05) is 4.90 Å². The number of aromatic nitrogens is 5. The Hall–Kier alpha value is -2.89. The summed E-state index contributed by atoms with van der Waals surface area (Å²) in [4.78, 5) is 49.2. The van der Waals surface area contributed by atoms with E-state index in [9.17, 15) is 9.59 Å². The molecule has 5 rings (SSSR count). The number of hydrogen-bond acceptors (Lipinski definition) is 8. The molecule has 0 bridgehead atoms. The zero-order chi connectivity index (χ0) is 24.7. The van der Waals surface area contributed by atoms with Gasteiger partial charge in [-0.25, -0.2) is 19.7 Å². The number of rotatable bonds is 4. The number of carbonyl (C=O) groups excluding carboxylic acids is 1. The number of aromatic amines is 2. The number of hydrogen-bond donors (Lipinski definition) is 3. The molecule has 2 aliphatic rings. The van der Waals surface area contributed by atoms with E-state index >= 15 is 0 Å². The van der Waals surface area contributed by atoms with Gasteiger partial charge in [0.15, 0.2) is 22.3 Å². The van der Waals surface area contributed by atoms with Gasteiger partial charge in [-0.3, -0.25) is 19.7 Å². The summed E-state index contributed by atoms with van der Waals surface area (Å²) in [6, 6.07) is 3.92. The van der Waals surface area contributed by atoms with Crippen molar-refractivity contribution in [2.45, 2.75) is 38.3 Å². The largest absolute Gasteiger partial charge is 0.383 e. The highest BCUT2D eigenvalue weighted by Gasteiger charge is 2.35. The zero-order valence-electron chi connectivity index (χ0n) is 19.3. The highest BCUT2D eigenvalue weighted by molar-refractivity contribution is 6.32. The quantitative estimate of drug-likeness (QED) is 0.445. The first-order valence-electron chi connectivity index (χ1n) is 11.7. The lowest BCUT2D eigenvalue weighted by molar-refractivity contribution is 0.0491. The maximum absolute atomic E-state index is 13.0. The van der Waals surface area contributed by atoms with Crippen LogP contribution in [0.1, 0.15) is 36.5 Å². The smallest absolute Gasteiger partial charge is 0.326 e. The van der Waals surface area contributed by atoms with Gasteiger partial charge in [0.25, 0.3) is 5.91 Å². The molecular weight excluding hydrogens is 493 g/mol. The fourth-order valence-electron chi connectivity index (χ4n) is 5.14. The summed E-state index contributed by atoms with van der Waals surface area (Å²) in [5.74, 6) is 0.644. The van der Waals surface area contributed by atoms with Crippen molar-refractivity contribution in [3.05, 3.63) is 38.5 Å². The number of fused-ring (bicyclic) bond motifs is 1. The number of nitrogens with two attached hydrogens (primary N) is 1. The number of H-pyrrole nitrogens is 2. The Balaban J connectivity index is 1.24. The van der Waals surface area contributed by atoms with Crippen LogP contribution in [0, 0.1) is 0 Å². The number of amides is 1. The number of carbonyl (C=O) groups is 1. The summed E-state index contributed by atoms with van der Waals surface area (Å²) >= 11 is 12.3. The first kappa shape index (κ1) is 23.8. The third-order valence-corrected chi connectivity index (χ3v) is 7.41. The van der Waals surface area contributed by atoms with Gasteiger partial charge in [0.1, 0.15) is 11.0 Å². The van der Waals surface area contributed by atoms with Gasteiger partial charge in [-0.15, -0.1) is 0 Å². The van der Waals surface area contributed by atoms with Gasteiger partial charge in [0, 0.05) is 44.8 Å². The number of nitrogens with one attached hydrogen (secondary N) is 2. The van der Waals surface area contributed by atoms with Crippen LogP contribution in [0.2, 0.25) is 10.3 Å².